The Kier molecular flexibility index (Phi) is 9.93. The molecule has 0 atom stereocenters. The van der Waals surface area contributed by atoms with Crippen LogP contribution in [0.2, 0.25) is 0 Å². The van der Waals surface area contributed by atoms with Gasteiger partial charge >= 0.3 is 12.0 Å². The van der Waals surface area contributed by atoms with Crippen molar-refractivity contribution in [1.82, 2.24) is 9.88 Å². The van der Waals surface area contributed by atoms with E-state index in [1.807, 2.05) is 0 Å². The second kappa shape index (κ2) is 12.6. The number of urea groups is 1. The maximum absolute atomic E-state index is 13.4. The lowest BCUT2D eigenvalue weighted by Gasteiger charge is -2.42. The third-order valence-corrected chi connectivity index (χ3v) is 8.23. The van der Waals surface area contributed by atoms with Crippen LogP contribution in [0.3, 0.4) is 0 Å². The van der Waals surface area contributed by atoms with Crippen LogP contribution in [0.1, 0.15) is 64.7 Å². The van der Waals surface area contributed by atoms with Crippen LogP contribution in [-0.4, -0.2) is 60.0 Å². The van der Waals surface area contributed by atoms with E-state index in [0.717, 1.165) is 49.3 Å². The highest BCUT2D eigenvalue weighted by atomic mass is 32.2. The molecule has 31 heavy (non-hydrogen) atoms. The molecule has 0 unspecified atom stereocenters. The van der Waals surface area contributed by atoms with E-state index in [0.29, 0.717) is 23.7 Å². The minimum atomic E-state index is -0.237. The van der Waals surface area contributed by atoms with Gasteiger partial charge in [-0.3, -0.25) is 10.1 Å². The number of methoxy groups -OCH3 is 1. The van der Waals surface area contributed by atoms with Crippen molar-refractivity contribution in [2.75, 3.05) is 31.4 Å². The first-order valence-electron chi connectivity index (χ1n) is 11.4. The van der Waals surface area contributed by atoms with E-state index in [1.54, 1.807) is 20.2 Å². The van der Waals surface area contributed by atoms with Crippen molar-refractivity contribution < 1.29 is 19.1 Å². The average molecular weight is 470 g/mol. The molecule has 0 aromatic carbocycles. The van der Waals surface area contributed by atoms with Crippen molar-refractivity contribution in [1.29, 1.82) is 0 Å². The minimum Gasteiger partial charge on any atom is -0.465 e. The molecule has 2 fully saturated rings. The molecule has 7 nitrogen and oxygen atoms in total. The normalized spacial score (nSPS) is 22.1. The van der Waals surface area contributed by atoms with Crippen molar-refractivity contribution in [3.05, 3.63) is 6.20 Å². The number of nitrogens with zero attached hydrogens (tertiary/aromatic N) is 2. The van der Waals surface area contributed by atoms with Crippen molar-refractivity contribution in [3.8, 4) is 0 Å². The maximum Gasteiger partial charge on any atom is 0.324 e. The van der Waals surface area contributed by atoms with E-state index in [4.69, 9.17) is 9.47 Å². The first-order valence-corrected chi connectivity index (χ1v) is 13.2. The number of carbonyl (C=O) groups is 2. The number of esters is 1. The van der Waals surface area contributed by atoms with Crippen molar-refractivity contribution >= 4 is 40.2 Å². The highest BCUT2D eigenvalue weighted by Crippen LogP contribution is 2.34. The largest absolute Gasteiger partial charge is 0.465 e. The molecule has 2 amide bonds. The van der Waals surface area contributed by atoms with Crippen molar-refractivity contribution in [3.63, 3.8) is 0 Å². The fraction of sp³-hybridized carbons (Fsp3) is 0.773. The molecule has 0 radical (unpaired) electrons. The van der Waals surface area contributed by atoms with Crippen LogP contribution in [0.5, 0.6) is 0 Å². The number of aromatic nitrogens is 1. The molecule has 3 rings (SSSR count). The summed E-state index contributed by atoms with van der Waals surface area (Å²) < 4.78 is 11.2. The van der Waals surface area contributed by atoms with Gasteiger partial charge in [-0.1, -0.05) is 30.6 Å². The number of amides is 2. The highest BCUT2D eigenvalue weighted by molar-refractivity contribution is 8.01. The Bertz CT molecular complexity index is 701. The van der Waals surface area contributed by atoms with Crippen LogP contribution in [0.15, 0.2) is 10.4 Å². The van der Waals surface area contributed by atoms with Gasteiger partial charge in [0.2, 0.25) is 0 Å². The standard InChI is InChI=1S/C22H35N3O4S2/c1-3-29-19(26)15-30-20-13-23-21(31-20)24-22(27)25(17-7-5-4-6-8-17)18-11-9-16(10-12-18)14-28-2/h13,16-18H,3-12,14-15H2,1-2H3,(H,23,24,27)/t16-,18-. The predicted octanol–water partition coefficient (Wildman–Crippen LogP) is 5.17. The smallest absolute Gasteiger partial charge is 0.324 e. The summed E-state index contributed by atoms with van der Waals surface area (Å²) >= 11 is 2.80. The lowest BCUT2D eigenvalue weighted by Crippen LogP contribution is -2.51. The number of thioether (sulfide) groups is 1. The van der Waals surface area contributed by atoms with Crippen molar-refractivity contribution in [2.24, 2.45) is 5.92 Å². The van der Waals surface area contributed by atoms with E-state index >= 15 is 0 Å². The third-order valence-electron chi connectivity index (χ3n) is 6.15. The summed E-state index contributed by atoms with van der Waals surface area (Å²) in [5.74, 6) is 0.622. The fourth-order valence-electron chi connectivity index (χ4n) is 4.69. The number of nitrogens with one attached hydrogen (secondary N) is 1. The van der Waals surface area contributed by atoms with Gasteiger partial charge in [-0.15, -0.1) is 11.8 Å². The van der Waals surface area contributed by atoms with Crippen LogP contribution in [-0.2, 0) is 14.3 Å². The Morgan fingerprint density at radius 2 is 1.87 bits per heavy atom. The molecular weight excluding hydrogens is 434 g/mol. The molecule has 0 saturated heterocycles. The van der Waals surface area contributed by atoms with Gasteiger partial charge < -0.3 is 14.4 Å². The molecule has 1 aromatic heterocycles. The van der Waals surface area contributed by atoms with E-state index in [9.17, 15) is 9.59 Å². The lowest BCUT2D eigenvalue weighted by molar-refractivity contribution is -0.139. The molecule has 174 valence electrons. The molecular formula is C22H35N3O4S2. The number of hydrogen-bond acceptors (Lipinski definition) is 7. The topological polar surface area (TPSA) is 80.8 Å². The second-order valence-electron chi connectivity index (χ2n) is 8.34. The summed E-state index contributed by atoms with van der Waals surface area (Å²) in [6, 6.07) is 0.572. The Hall–Kier alpha value is -1.32. The van der Waals surface area contributed by atoms with Crippen LogP contribution in [0, 0.1) is 5.92 Å². The quantitative estimate of drug-likeness (QED) is 0.397. The zero-order valence-corrected chi connectivity index (χ0v) is 20.3. The van der Waals surface area contributed by atoms with E-state index < -0.39 is 0 Å². The number of carbonyl (C=O) groups excluding carboxylic acids is 2. The van der Waals surface area contributed by atoms with Crippen LogP contribution in [0.4, 0.5) is 9.93 Å². The summed E-state index contributed by atoms with van der Waals surface area (Å²) in [6.07, 6.45) is 11.8. The van der Waals surface area contributed by atoms with Gasteiger partial charge in [0.15, 0.2) is 5.13 Å². The third kappa shape index (κ3) is 7.36. The number of rotatable bonds is 9. The highest BCUT2D eigenvalue weighted by Gasteiger charge is 2.34. The summed E-state index contributed by atoms with van der Waals surface area (Å²) in [4.78, 5) is 31.4. The monoisotopic (exact) mass is 469 g/mol. The Balaban J connectivity index is 1.60. The summed E-state index contributed by atoms with van der Waals surface area (Å²) in [7, 11) is 1.77. The zero-order chi connectivity index (χ0) is 22.1. The molecule has 0 aliphatic heterocycles. The van der Waals surface area contributed by atoms with Gasteiger partial charge in [-0.2, -0.15) is 0 Å². The average Bonchev–Trinajstić information content (AvgIpc) is 3.22. The van der Waals surface area contributed by atoms with Gasteiger partial charge in [-0.05, 0) is 51.4 Å². The molecule has 0 spiro atoms. The van der Waals surface area contributed by atoms with Gasteiger partial charge in [0, 0.05) is 25.8 Å². The minimum absolute atomic E-state index is 0.0293. The maximum atomic E-state index is 13.4. The Morgan fingerprint density at radius 1 is 1.16 bits per heavy atom. The Labute approximate surface area is 193 Å². The van der Waals surface area contributed by atoms with Crippen LogP contribution in [0.25, 0.3) is 0 Å². The molecule has 9 heteroatoms. The number of anilines is 1. The molecule has 2 aliphatic rings. The molecule has 0 bridgehead atoms. The van der Waals surface area contributed by atoms with Crippen LogP contribution >= 0.6 is 23.1 Å². The molecule has 1 aromatic rings. The summed E-state index contributed by atoms with van der Waals surface area (Å²) in [5, 5.41) is 3.63. The van der Waals surface area contributed by atoms with Crippen LogP contribution < -0.4 is 5.32 Å². The van der Waals surface area contributed by atoms with E-state index in [-0.39, 0.29) is 23.8 Å². The second-order valence-corrected chi connectivity index (χ2v) is 10.6. The molecule has 1 N–H and O–H groups in total. The Morgan fingerprint density at radius 3 is 2.55 bits per heavy atom. The van der Waals surface area contributed by atoms with Gasteiger partial charge in [0.25, 0.3) is 0 Å². The van der Waals surface area contributed by atoms with E-state index in [1.165, 1.54) is 42.4 Å². The van der Waals surface area contributed by atoms with Crippen molar-refractivity contribution in [2.45, 2.75) is 81.0 Å². The number of ether oxygens (including phenoxy) is 2. The van der Waals surface area contributed by atoms with Gasteiger partial charge in [0.1, 0.15) is 0 Å². The lowest BCUT2D eigenvalue weighted by atomic mass is 9.84. The zero-order valence-electron chi connectivity index (χ0n) is 18.6. The first-order chi connectivity index (χ1) is 15.1. The molecule has 2 saturated carbocycles. The fourth-order valence-corrected chi connectivity index (χ4v) is 6.35. The number of thiazole rings is 1. The predicted molar refractivity (Wildman–Crippen MR) is 125 cm³/mol. The summed E-state index contributed by atoms with van der Waals surface area (Å²) in [5.41, 5.74) is 0. The SMILES string of the molecule is CCOC(=O)CSc1cnc(NC(=O)N(C2CCCCC2)[C@H]2CC[C@H](COC)CC2)s1. The number of hydrogen-bond donors (Lipinski definition) is 1. The molecule has 2 aliphatic carbocycles. The van der Waals surface area contributed by atoms with Gasteiger partial charge in [-0.25, -0.2) is 9.78 Å². The summed E-state index contributed by atoms with van der Waals surface area (Å²) in [6.45, 7) is 2.99. The first kappa shape index (κ1) is 24.3. The van der Waals surface area contributed by atoms with E-state index in [2.05, 4.69) is 15.2 Å². The van der Waals surface area contributed by atoms with Gasteiger partial charge in [0.05, 0.1) is 22.8 Å². The molecule has 1 heterocycles.